The summed E-state index contributed by atoms with van der Waals surface area (Å²) >= 11 is 0. The largest absolute Gasteiger partial charge is 0.314 e. The molecule has 1 aliphatic carbocycles. The van der Waals surface area contributed by atoms with Gasteiger partial charge in [0.1, 0.15) is 5.82 Å². The fourth-order valence-electron chi connectivity index (χ4n) is 3.11. The van der Waals surface area contributed by atoms with Crippen LogP contribution in [0.3, 0.4) is 0 Å². The van der Waals surface area contributed by atoms with Crippen LogP contribution in [0.4, 0.5) is 0 Å². The highest BCUT2D eigenvalue weighted by Gasteiger charge is 2.11. The van der Waals surface area contributed by atoms with Crippen molar-refractivity contribution in [1.82, 2.24) is 19.9 Å². The molecule has 2 aromatic heterocycles. The van der Waals surface area contributed by atoms with Gasteiger partial charge in [0.05, 0.1) is 0 Å². The Hall–Kier alpha value is -1.42. The van der Waals surface area contributed by atoms with E-state index in [1.54, 1.807) is 0 Å². The molecule has 3 rings (SSSR count). The minimum Gasteiger partial charge on any atom is -0.314 e. The number of hydrogen-bond donors (Lipinski definition) is 1. The second kappa shape index (κ2) is 6.84. The van der Waals surface area contributed by atoms with Crippen LogP contribution < -0.4 is 5.32 Å². The molecule has 0 atom stereocenters. The van der Waals surface area contributed by atoms with Crippen molar-refractivity contribution < 1.29 is 0 Å². The Balaban J connectivity index is 1.51. The van der Waals surface area contributed by atoms with Crippen molar-refractivity contribution in [3.8, 4) is 0 Å². The third-order valence-corrected chi connectivity index (χ3v) is 4.27. The number of pyridine rings is 1. The van der Waals surface area contributed by atoms with Crippen LogP contribution in [-0.2, 0) is 6.42 Å². The van der Waals surface area contributed by atoms with Crippen LogP contribution in [0.1, 0.15) is 50.8 Å². The van der Waals surface area contributed by atoms with Gasteiger partial charge in [-0.05, 0) is 25.0 Å². The second-order valence-corrected chi connectivity index (χ2v) is 5.79. The highest BCUT2D eigenvalue weighted by Crippen LogP contribution is 2.17. The molecular formula is C16H24N4. The lowest BCUT2D eigenvalue weighted by molar-refractivity contribution is 0.391. The summed E-state index contributed by atoms with van der Waals surface area (Å²) in [7, 11) is 0. The molecule has 0 saturated heterocycles. The summed E-state index contributed by atoms with van der Waals surface area (Å²) in [5.74, 6) is 1.05. The quantitative estimate of drug-likeness (QED) is 0.930. The van der Waals surface area contributed by atoms with Gasteiger partial charge in [-0.25, -0.2) is 0 Å². The van der Waals surface area contributed by atoms with Crippen molar-refractivity contribution in [2.45, 2.75) is 57.4 Å². The summed E-state index contributed by atoms with van der Waals surface area (Å²) in [6.07, 6.45) is 12.7. The SMILES string of the molecule is c1ccn2c(CCNC3CCCCCCC3)nnc2c1. The topological polar surface area (TPSA) is 42.2 Å². The molecule has 0 radical (unpaired) electrons. The number of nitrogens with one attached hydrogen (secondary N) is 1. The summed E-state index contributed by atoms with van der Waals surface area (Å²) in [6, 6.07) is 6.73. The highest BCUT2D eigenvalue weighted by atomic mass is 15.2. The van der Waals surface area contributed by atoms with E-state index in [9.17, 15) is 0 Å². The van der Waals surface area contributed by atoms with E-state index in [1.807, 2.05) is 24.4 Å². The van der Waals surface area contributed by atoms with E-state index in [4.69, 9.17) is 0 Å². The Labute approximate surface area is 120 Å². The Morgan fingerprint density at radius 2 is 1.85 bits per heavy atom. The van der Waals surface area contributed by atoms with Crippen molar-refractivity contribution in [3.63, 3.8) is 0 Å². The number of fused-ring (bicyclic) bond motifs is 1. The van der Waals surface area contributed by atoms with Gasteiger partial charge in [0.25, 0.3) is 0 Å². The molecule has 4 heteroatoms. The second-order valence-electron chi connectivity index (χ2n) is 5.79. The predicted molar refractivity (Wildman–Crippen MR) is 80.8 cm³/mol. The normalized spacial score (nSPS) is 18.0. The van der Waals surface area contributed by atoms with E-state index in [-0.39, 0.29) is 0 Å². The lowest BCUT2D eigenvalue weighted by Gasteiger charge is -2.20. The molecule has 0 amide bonds. The fourth-order valence-corrected chi connectivity index (χ4v) is 3.11. The molecule has 0 spiro atoms. The number of rotatable bonds is 4. The van der Waals surface area contributed by atoms with Gasteiger partial charge in [0, 0.05) is 25.2 Å². The summed E-state index contributed by atoms with van der Waals surface area (Å²) in [6.45, 7) is 1.00. The highest BCUT2D eigenvalue weighted by molar-refractivity contribution is 5.36. The molecule has 20 heavy (non-hydrogen) atoms. The monoisotopic (exact) mass is 272 g/mol. The van der Waals surface area contributed by atoms with E-state index in [1.165, 1.54) is 44.9 Å². The van der Waals surface area contributed by atoms with Gasteiger partial charge in [-0.2, -0.15) is 0 Å². The summed E-state index contributed by atoms with van der Waals surface area (Å²) in [5.41, 5.74) is 0.938. The molecule has 2 heterocycles. The zero-order chi connectivity index (χ0) is 13.6. The lowest BCUT2D eigenvalue weighted by Crippen LogP contribution is -2.31. The Morgan fingerprint density at radius 3 is 2.70 bits per heavy atom. The molecular weight excluding hydrogens is 248 g/mol. The molecule has 0 bridgehead atoms. The van der Waals surface area contributed by atoms with E-state index in [0.717, 1.165) is 24.4 Å². The minimum atomic E-state index is 0.703. The van der Waals surface area contributed by atoms with Crippen LogP contribution >= 0.6 is 0 Å². The van der Waals surface area contributed by atoms with Crippen LogP contribution in [0.25, 0.3) is 5.65 Å². The summed E-state index contributed by atoms with van der Waals surface area (Å²) < 4.78 is 2.08. The average molecular weight is 272 g/mol. The summed E-state index contributed by atoms with van der Waals surface area (Å²) in [5, 5.41) is 12.2. The third-order valence-electron chi connectivity index (χ3n) is 4.27. The maximum absolute atomic E-state index is 4.28. The fraction of sp³-hybridized carbons (Fsp3) is 0.625. The molecule has 1 aliphatic rings. The van der Waals surface area contributed by atoms with Gasteiger partial charge >= 0.3 is 0 Å². The first-order valence-electron chi connectivity index (χ1n) is 7.95. The molecule has 4 nitrogen and oxygen atoms in total. The van der Waals surface area contributed by atoms with Crippen LogP contribution in [-0.4, -0.2) is 27.2 Å². The average Bonchev–Trinajstić information content (AvgIpc) is 2.84. The zero-order valence-electron chi connectivity index (χ0n) is 12.1. The molecule has 0 aliphatic heterocycles. The lowest BCUT2D eigenvalue weighted by atomic mass is 9.97. The standard InChI is InChI=1S/C16H24N4/c1-2-4-8-14(9-5-3-1)17-12-11-16-19-18-15-10-6-7-13-20(15)16/h6-7,10,13-14,17H,1-5,8-9,11-12H2. The Morgan fingerprint density at radius 1 is 1.05 bits per heavy atom. The molecule has 0 aromatic carbocycles. The Bertz CT molecular complexity index is 526. The first-order chi connectivity index (χ1) is 9.93. The van der Waals surface area contributed by atoms with E-state index in [0.29, 0.717) is 6.04 Å². The van der Waals surface area contributed by atoms with Crippen molar-refractivity contribution in [2.24, 2.45) is 0 Å². The van der Waals surface area contributed by atoms with Crippen molar-refractivity contribution in [1.29, 1.82) is 0 Å². The molecule has 1 N–H and O–H groups in total. The first-order valence-corrected chi connectivity index (χ1v) is 7.95. The van der Waals surface area contributed by atoms with Crippen LogP contribution in [0, 0.1) is 0 Å². The number of aromatic nitrogens is 3. The van der Waals surface area contributed by atoms with Gasteiger partial charge in [-0.15, -0.1) is 10.2 Å². The zero-order valence-corrected chi connectivity index (χ0v) is 12.1. The predicted octanol–water partition coefficient (Wildman–Crippen LogP) is 2.97. The summed E-state index contributed by atoms with van der Waals surface area (Å²) in [4.78, 5) is 0. The van der Waals surface area contributed by atoms with Gasteiger partial charge < -0.3 is 5.32 Å². The smallest absolute Gasteiger partial charge is 0.160 e. The molecule has 1 saturated carbocycles. The van der Waals surface area contributed by atoms with Gasteiger partial charge in [-0.3, -0.25) is 4.40 Å². The van der Waals surface area contributed by atoms with E-state index in [2.05, 4.69) is 19.9 Å². The first kappa shape index (κ1) is 13.6. The Kier molecular flexibility index (Phi) is 4.64. The van der Waals surface area contributed by atoms with Gasteiger partial charge in [-0.1, -0.05) is 38.2 Å². The van der Waals surface area contributed by atoms with Crippen molar-refractivity contribution in [2.75, 3.05) is 6.54 Å². The van der Waals surface area contributed by atoms with Crippen LogP contribution in [0.2, 0.25) is 0 Å². The molecule has 1 fully saturated rings. The third kappa shape index (κ3) is 3.37. The maximum atomic E-state index is 4.28. The maximum Gasteiger partial charge on any atom is 0.160 e. The van der Waals surface area contributed by atoms with Crippen molar-refractivity contribution in [3.05, 3.63) is 30.2 Å². The minimum absolute atomic E-state index is 0.703. The van der Waals surface area contributed by atoms with E-state index >= 15 is 0 Å². The van der Waals surface area contributed by atoms with Gasteiger partial charge in [0.15, 0.2) is 5.65 Å². The number of nitrogens with zero attached hydrogens (tertiary/aromatic N) is 3. The number of hydrogen-bond acceptors (Lipinski definition) is 3. The molecule has 0 unspecified atom stereocenters. The van der Waals surface area contributed by atoms with E-state index < -0.39 is 0 Å². The molecule has 108 valence electrons. The van der Waals surface area contributed by atoms with Crippen LogP contribution in [0.15, 0.2) is 24.4 Å². The van der Waals surface area contributed by atoms with Gasteiger partial charge in [0.2, 0.25) is 0 Å². The van der Waals surface area contributed by atoms with Crippen LogP contribution in [0.5, 0.6) is 0 Å². The molecule has 2 aromatic rings. The van der Waals surface area contributed by atoms with Crippen molar-refractivity contribution >= 4 is 5.65 Å².